The normalized spacial score (nSPS) is 20.3. The largest absolute Gasteiger partial charge is 0.416 e. The van der Waals surface area contributed by atoms with E-state index >= 15 is 0 Å². The maximum atomic E-state index is 13.1. The van der Waals surface area contributed by atoms with Gasteiger partial charge in [-0.1, -0.05) is 23.7 Å². The molecule has 1 aliphatic heterocycles. The molecule has 3 rings (SSSR count). The van der Waals surface area contributed by atoms with Crippen molar-refractivity contribution in [3.05, 3.63) is 64.7 Å². The Balaban J connectivity index is 2.14. The Morgan fingerprint density at radius 1 is 1.19 bits per heavy atom. The highest BCUT2D eigenvalue weighted by Gasteiger charge is 2.48. The third kappa shape index (κ3) is 3.24. The minimum Gasteiger partial charge on any atom is -0.396 e. The van der Waals surface area contributed by atoms with Crippen LogP contribution >= 0.6 is 11.6 Å². The van der Waals surface area contributed by atoms with Gasteiger partial charge in [-0.25, -0.2) is 4.79 Å². The van der Waals surface area contributed by atoms with Crippen LogP contribution in [0.1, 0.15) is 17.5 Å². The molecule has 26 heavy (non-hydrogen) atoms. The lowest BCUT2D eigenvalue weighted by molar-refractivity contribution is -0.137. The van der Waals surface area contributed by atoms with Crippen molar-refractivity contribution in [2.45, 2.75) is 18.1 Å². The summed E-state index contributed by atoms with van der Waals surface area (Å²) in [6.07, 6.45) is -4.42. The zero-order chi connectivity index (χ0) is 18.9. The second kappa shape index (κ2) is 6.81. The van der Waals surface area contributed by atoms with Gasteiger partial charge in [0.1, 0.15) is 0 Å². The van der Waals surface area contributed by atoms with Crippen LogP contribution in [0.15, 0.2) is 48.5 Å². The van der Waals surface area contributed by atoms with E-state index in [9.17, 15) is 23.1 Å². The van der Waals surface area contributed by atoms with Gasteiger partial charge in [-0.3, -0.25) is 4.90 Å². The van der Waals surface area contributed by atoms with E-state index in [4.69, 9.17) is 11.6 Å². The van der Waals surface area contributed by atoms with Crippen LogP contribution in [-0.2, 0) is 11.7 Å². The topological polar surface area (TPSA) is 52.6 Å². The summed E-state index contributed by atoms with van der Waals surface area (Å²) < 4.78 is 39.4. The first-order valence-corrected chi connectivity index (χ1v) is 8.28. The number of nitrogens with zero attached hydrogens (tertiary/aromatic N) is 1. The molecule has 0 bridgehead atoms. The van der Waals surface area contributed by atoms with Gasteiger partial charge < -0.3 is 10.4 Å². The Morgan fingerprint density at radius 3 is 2.50 bits per heavy atom. The molecule has 0 aromatic heterocycles. The molecular formula is C18H16ClF3N2O2. The van der Waals surface area contributed by atoms with Crippen LogP contribution in [0.4, 0.5) is 23.7 Å². The summed E-state index contributed by atoms with van der Waals surface area (Å²) in [7, 11) is 0. The zero-order valence-corrected chi connectivity index (χ0v) is 14.3. The smallest absolute Gasteiger partial charge is 0.396 e. The summed E-state index contributed by atoms with van der Waals surface area (Å²) >= 11 is 5.89. The molecule has 2 aromatic carbocycles. The second-order valence-corrected chi connectivity index (χ2v) is 6.49. The van der Waals surface area contributed by atoms with Crippen LogP contribution in [0.5, 0.6) is 0 Å². The van der Waals surface area contributed by atoms with Crippen LogP contribution < -0.4 is 10.2 Å². The molecule has 8 heteroatoms. The fraction of sp³-hybridized carbons (Fsp3) is 0.278. The molecule has 2 amide bonds. The predicted molar refractivity (Wildman–Crippen MR) is 92.2 cm³/mol. The third-order valence-corrected chi connectivity index (χ3v) is 4.75. The number of hydrogen-bond acceptors (Lipinski definition) is 2. The van der Waals surface area contributed by atoms with Crippen molar-refractivity contribution < 1.29 is 23.1 Å². The van der Waals surface area contributed by atoms with Crippen molar-refractivity contribution in [3.8, 4) is 0 Å². The van der Waals surface area contributed by atoms with Crippen molar-refractivity contribution in [1.29, 1.82) is 0 Å². The molecule has 1 heterocycles. The summed E-state index contributed by atoms with van der Waals surface area (Å²) in [5.41, 5.74) is -1.16. The number of carbonyl (C=O) groups excluding carboxylic acids is 1. The first kappa shape index (κ1) is 18.5. The fourth-order valence-electron chi connectivity index (χ4n) is 3.27. The molecule has 0 radical (unpaired) electrons. The van der Waals surface area contributed by atoms with E-state index in [1.807, 2.05) is 0 Å². The fourth-order valence-corrected chi connectivity index (χ4v) is 3.40. The number of aliphatic hydroxyl groups excluding tert-OH is 1. The van der Waals surface area contributed by atoms with E-state index < -0.39 is 23.3 Å². The molecule has 2 N–H and O–H groups in total. The maximum absolute atomic E-state index is 13.1. The average molecular weight is 385 g/mol. The van der Waals surface area contributed by atoms with Crippen LogP contribution in [0.2, 0.25) is 5.02 Å². The van der Waals surface area contributed by atoms with Gasteiger partial charge in [-0.2, -0.15) is 13.2 Å². The summed E-state index contributed by atoms with van der Waals surface area (Å²) in [5, 5.41) is 12.7. The highest BCUT2D eigenvalue weighted by Crippen LogP contribution is 2.41. The highest BCUT2D eigenvalue weighted by atomic mass is 35.5. The van der Waals surface area contributed by atoms with Crippen molar-refractivity contribution in [2.75, 3.05) is 18.1 Å². The SMILES string of the molecule is O=C1NC[C@](CCO)(c2cccc(C(F)(F)F)c2)N1c1ccc(Cl)cc1. The average Bonchev–Trinajstić information content (AvgIpc) is 2.93. The summed E-state index contributed by atoms with van der Waals surface area (Å²) in [5.74, 6) is 0. The first-order chi connectivity index (χ1) is 12.3. The number of halogens is 4. The van der Waals surface area contributed by atoms with Crippen molar-refractivity contribution in [2.24, 2.45) is 0 Å². The van der Waals surface area contributed by atoms with E-state index in [2.05, 4.69) is 5.32 Å². The molecule has 1 atom stereocenters. The number of alkyl halides is 3. The molecule has 1 aliphatic rings. The number of urea groups is 1. The Labute approximate surface area is 153 Å². The lowest BCUT2D eigenvalue weighted by Gasteiger charge is -2.37. The molecule has 0 aliphatic carbocycles. The number of hydrogen-bond donors (Lipinski definition) is 2. The number of benzene rings is 2. The van der Waals surface area contributed by atoms with Gasteiger partial charge in [0.15, 0.2) is 0 Å². The summed E-state index contributed by atoms with van der Waals surface area (Å²) in [6, 6.07) is 10.8. The summed E-state index contributed by atoms with van der Waals surface area (Å²) in [4.78, 5) is 13.9. The number of nitrogens with one attached hydrogen (secondary N) is 1. The van der Waals surface area contributed by atoms with Crippen molar-refractivity contribution in [3.63, 3.8) is 0 Å². The van der Waals surface area contributed by atoms with E-state index in [0.29, 0.717) is 16.3 Å². The summed E-state index contributed by atoms with van der Waals surface area (Å²) in [6.45, 7) is -0.217. The van der Waals surface area contributed by atoms with E-state index in [1.165, 1.54) is 17.0 Å². The molecule has 0 spiro atoms. The lowest BCUT2D eigenvalue weighted by atomic mass is 9.84. The predicted octanol–water partition coefficient (Wildman–Crippen LogP) is 4.17. The number of amides is 2. The van der Waals surface area contributed by atoms with Gasteiger partial charge in [0.05, 0.1) is 11.1 Å². The number of rotatable bonds is 4. The van der Waals surface area contributed by atoms with Gasteiger partial charge in [-0.05, 0) is 42.0 Å². The number of carbonyl (C=O) groups is 1. The second-order valence-electron chi connectivity index (χ2n) is 6.05. The number of anilines is 1. The van der Waals surface area contributed by atoms with Gasteiger partial charge in [0, 0.05) is 30.3 Å². The van der Waals surface area contributed by atoms with Crippen LogP contribution in [0.3, 0.4) is 0 Å². The van der Waals surface area contributed by atoms with Gasteiger partial charge in [0.25, 0.3) is 0 Å². The minimum absolute atomic E-state index is 0.0790. The van der Waals surface area contributed by atoms with E-state index in [-0.39, 0.29) is 19.6 Å². The first-order valence-electron chi connectivity index (χ1n) is 7.90. The maximum Gasteiger partial charge on any atom is 0.416 e. The molecular weight excluding hydrogens is 369 g/mol. The van der Waals surface area contributed by atoms with Crippen LogP contribution in [-0.4, -0.2) is 24.3 Å². The quantitative estimate of drug-likeness (QED) is 0.831. The Kier molecular flexibility index (Phi) is 4.86. The highest BCUT2D eigenvalue weighted by molar-refractivity contribution is 6.30. The minimum atomic E-state index is -4.50. The Morgan fingerprint density at radius 2 is 1.88 bits per heavy atom. The third-order valence-electron chi connectivity index (χ3n) is 4.50. The zero-order valence-electron chi connectivity index (χ0n) is 13.6. The molecule has 0 saturated carbocycles. The molecule has 1 fully saturated rings. The van der Waals surface area contributed by atoms with Gasteiger partial charge >= 0.3 is 12.2 Å². The van der Waals surface area contributed by atoms with Crippen LogP contribution in [0, 0.1) is 0 Å². The van der Waals surface area contributed by atoms with Gasteiger partial charge in [0.2, 0.25) is 0 Å². The standard InChI is InChI=1S/C18H16ClF3N2O2/c19-14-4-6-15(7-5-14)24-16(26)23-11-17(24,8-9-25)12-2-1-3-13(10-12)18(20,21)22/h1-7,10,25H,8-9,11H2,(H,23,26)/t17-/m1/s1. The van der Waals surface area contributed by atoms with Crippen molar-refractivity contribution >= 4 is 23.3 Å². The van der Waals surface area contributed by atoms with Crippen LogP contribution in [0.25, 0.3) is 0 Å². The molecule has 1 saturated heterocycles. The lowest BCUT2D eigenvalue weighted by Crippen LogP contribution is -2.45. The Bertz CT molecular complexity index is 811. The van der Waals surface area contributed by atoms with E-state index in [0.717, 1.165) is 12.1 Å². The molecule has 4 nitrogen and oxygen atoms in total. The molecule has 0 unspecified atom stereocenters. The van der Waals surface area contributed by atoms with Gasteiger partial charge in [-0.15, -0.1) is 0 Å². The molecule has 138 valence electrons. The van der Waals surface area contributed by atoms with E-state index in [1.54, 1.807) is 24.3 Å². The van der Waals surface area contributed by atoms with Crippen molar-refractivity contribution in [1.82, 2.24) is 5.32 Å². The Hall–Kier alpha value is -2.25. The number of aliphatic hydroxyl groups is 1. The molecule has 2 aromatic rings. The monoisotopic (exact) mass is 384 g/mol.